The maximum absolute atomic E-state index is 11.9. The molecule has 0 aliphatic carbocycles. The number of thiazole rings is 1. The van der Waals surface area contributed by atoms with Crippen molar-refractivity contribution in [2.24, 2.45) is 0 Å². The van der Waals surface area contributed by atoms with Crippen LogP contribution in [0.25, 0.3) is 0 Å². The molecule has 3 heterocycles. The number of nitrogens with one attached hydrogen (secondary N) is 1. The number of aromatic nitrogens is 3. The second kappa shape index (κ2) is 6.62. The van der Waals surface area contributed by atoms with Gasteiger partial charge in [0.05, 0.1) is 12.2 Å². The lowest BCUT2D eigenvalue weighted by Crippen LogP contribution is -2.21. The Morgan fingerprint density at radius 1 is 1.45 bits per heavy atom. The van der Waals surface area contributed by atoms with Gasteiger partial charge in [0, 0.05) is 35.4 Å². The third-order valence-corrected chi connectivity index (χ3v) is 5.51. The summed E-state index contributed by atoms with van der Waals surface area (Å²) in [5.74, 6) is 0.941. The summed E-state index contributed by atoms with van der Waals surface area (Å²) >= 11 is 3.08. The quantitative estimate of drug-likeness (QED) is 0.657. The number of anilines is 1. The number of amides is 1. The maximum atomic E-state index is 11.9. The molecular formula is C14H17N5OS2. The highest BCUT2D eigenvalue weighted by Gasteiger charge is 2.28. The number of hydrogen-bond donors (Lipinski definition) is 2. The molecule has 22 heavy (non-hydrogen) atoms. The summed E-state index contributed by atoms with van der Waals surface area (Å²) in [5.41, 5.74) is 7.61. The number of nitrogen functional groups attached to an aromatic ring is 1. The van der Waals surface area contributed by atoms with Gasteiger partial charge in [0.15, 0.2) is 10.3 Å². The van der Waals surface area contributed by atoms with E-state index in [1.165, 1.54) is 11.3 Å². The molecule has 1 atom stereocenters. The van der Waals surface area contributed by atoms with Gasteiger partial charge in [0.1, 0.15) is 0 Å². The summed E-state index contributed by atoms with van der Waals surface area (Å²) in [7, 11) is 0. The highest BCUT2D eigenvalue weighted by atomic mass is 32.2. The van der Waals surface area contributed by atoms with Gasteiger partial charge < -0.3 is 11.1 Å². The molecule has 0 saturated carbocycles. The number of fused-ring (bicyclic) bond motifs is 1. The summed E-state index contributed by atoms with van der Waals surface area (Å²) in [6.07, 6.45) is 5.09. The Kier molecular flexibility index (Phi) is 4.58. The third kappa shape index (κ3) is 3.22. The molecule has 8 heteroatoms. The molecule has 116 valence electrons. The number of carbonyl (C=O) groups excluding carboxylic acids is 1. The van der Waals surface area contributed by atoms with Crippen molar-refractivity contribution in [1.82, 2.24) is 20.3 Å². The fourth-order valence-corrected chi connectivity index (χ4v) is 3.98. The Balaban J connectivity index is 1.90. The minimum atomic E-state index is -0.0717. The Morgan fingerprint density at radius 2 is 2.23 bits per heavy atom. The lowest BCUT2D eigenvalue weighted by Gasteiger charge is -2.12. The molecule has 1 aliphatic heterocycles. The minimum absolute atomic E-state index is 0.0122. The van der Waals surface area contributed by atoms with E-state index >= 15 is 0 Å². The van der Waals surface area contributed by atoms with Gasteiger partial charge in [-0.25, -0.2) is 15.0 Å². The third-order valence-electron chi connectivity index (χ3n) is 3.39. The Hall–Kier alpha value is -1.67. The van der Waals surface area contributed by atoms with Crippen molar-refractivity contribution in [2.75, 3.05) is 11.5 Å². The van der Waals surface area contributed by atoms with Gasteiger partial charge in [0.25, 0.3) is 0 Å². The monoisotopic (exact) mass is 335 g/mol. The number of thioether (sulfide) groups is 1. The summed E-state index contributed by atoms with van der Waals surface area (Å²) in [6, 6.07) is 0. The molecule has 0 unspecified atom stereocenters. The maximum Gasteiger partial charge on any atom is 0.221 e. The van der Waals surface area contributed by atoms with Crippen LogP contribution < -0.4 is 11.1 Å². The van der Waals surface area contributed by atoms with Gasteiger partial charge in [-0.1, -0.05) is 18.7 Å². The average Bonchev–Trinajstić information content (AvgIpc) is 2.83. The van der Waals surface area contributed by atoms with Gasteiger partial charge in [-0.3, -0.25) is 4.79 Å². The first-order valence-corrected chi connectivity index (χ1v) is 8.94. The second-order valence-electron chi connectivity index (χ2n) is 5.04. The van der Waals surface area contributed by atoms with Crippen LogP contribution in [-0.2, 0) is 11.3 Å². The molecule has 2 aromatic heterocycles. The molecule has 3 N–H and O–H groups in total. The SMILES string of the molecule is CCCSc1ncc([C@H]2CC(=O)NCc3nc(N)sc32)cn1. The van der Waals surface area contributed by atoms with Crippen LogP contribution >= 0.6 is 23.1 Å². The lowest BCUT2D eigenvalue weighted by atomic mass is 9.96. The van der Waals surface area contributed by atoms with Gasteiger partial charge in [-0.05, 0) is 12.0 Å². The predicted octanol–water partition coefficient (Wildman–Crippen LogP) is 2.17. The number of nitrogens with two attached hydrogens (primary N) is 1. The molecule has 3 rings (SSSR count). The molecule has 0 aromatic carbocycles. The largest absolute Gasteiger partial charge is 0.375 e. The Labute approximate surface area is 137 Å². The van der Waals surface area contributed by atoms with Crippen molar-refractivity contribution >= 4 is 34.1 Å². The fourth-order valence-electron chi connectivity index (χ4n) is 2.36. The van der Waals surface area contributed by atoms with E-state index in [0.717, 1.165) is 33.5 Å². The van der Waals surface area contributed by atoms with E-state index in [1.54, 1.807) is 11.8 Å². The Bertz CT molecular complexity index is 670. The molecule has 1 aliphatic rings. The molecule has 0 spiro atoms. The summed E-state index contributed by atoms with van der Waals surface area (Å²) in [4.78, 5) is 26.1. The van der Waals surface area contributed by atoms with Crippen LogP contribution in [0.5, 0.6) is 0 Å². The summed E-state index contributed by atoms with van der Waals surface area (Å²) in [6.45, 7) is 2.56. The molecule has 0 fully saturated rings. The standard InChI is InChI=1S/C14H17N5OS2/c1-2-3-21-14-17-5-8(6-18-14)9-4-11(20)16-7-10-12(9)22-13(15)19-10/h5-6,9H,2-4,7H2,1H3,(H2,15,19)(H,16,20)/t9-/m1/s1. The van der Waals surface area contributed by atoms with Gasteiger partial charge in [0.2, 0.25) is 5.91 Å². The van der Waals surface area contributed by atoms with Crippen molar-refractivity contribution in [3.8, 4) is 0 Å². The first kappa shape index (κ1) is 15.2. The molecule has 0 radical (unpaired) electrons. The average molecular weight is 335 g/mol. The zero-order chi connectivity index (χ0) is 15.5. The van der Waals surface area contributed by atoms with Crippen LogP contribution in [0, 0.1) is 0 Å². The fraction of sp³-hybridized carbons (Fsp3) is 0.429. The van der Waals surface area contributed by atoms with E-state index in [4.69, 9.17) is 5.73 Å². The zero-order valence-corrected chi connectivity index (χ0v) is 13.8. The molecule has 0 bridgehead atoms. The van der Waals surface area contributed by atoms with E-state index in [2.05, 4.69) is 27.2 Å². The molecule has 0 saturated heterocycles. The first-order valence-electron chi connectivity index (χ1n) is 7.14. The van der Waals surface area contributed by atoms with E-state index in [-0.39, 0.29) is 11.8 Å². The van der Waals surface area contributed by atoms with E-state index in [0.29, 0.717) is 18.1 Å². The van der Waals surface area contributed by atoms with Crippen molar-refractivity contribution in [3.63, 3.8) is 0 Å². The number of rotatable bonds is 4. The number of nitrogens with zero attached hydrogens (tertiary/aromatic N) is 3. The normalized spacial score (nSPS) is 17.7. The number of carbonyl (C=O) groups is 1. The zero-order valence-electron chi connectivity index (χ0n) is 12.2. The molecular weight excluding hydrogens is 318 g/mol. The molecule has 2 aromatic rings. The van der Waals surface area contributed by atoms with Crippen molar-refractivity contribution in [1.29, 1.82) is 0 Å². The molecule has 6 nitrogen and oxygen atoms in total. The van der Waals surface area contributed by atoms with E-state index in [1.807, 2.05) is 12.4 Å². The highest BCUT2D eigenvalue weighted by molar-refractivity contribution is 7.99. The first-order chi connectivity index (χ1) is 10.7. The van der Waals surface area contributed by atoms with Crippen molar-refractivity contribution in [3.05, 3.63) is 28.5 Å². The van der Waals surface area contributed by atoms with Crippen LogP contribution in [0.4, 0.5) is 5.13 Å². The van der Waals surface area contributed by atoms with Crippen LogP contribution in [0.1, 0.15) is 41.8 Å². The van der Waals surface area contributed by atoms with Gasteiger partial charge >= 0.3 is 0 Å². The molecule has 1 amide bonds. The Morgan fingerprint density at radius 3 is 2.95 bits per heavy atom. The smallest absolute Gasteiger partial charge is 0.221 e. The van der Waals surface area contributed by atoms with Crippen LogP contribution in [-0.4, -0.2) is 26.6 Å². The number of hydrogen-bond acceptors (Lipinski definition) is 7. The topological polar surface area (TPSA) is 93.8 Å². The van der Waals surface area contributed by atoms with Crippen molar-refractivity contribution in [2.45, 2.75) is 37.4 Å². The minimum Gasteiger partial charge on any atom is -0.375 e. The van der Waals surface area contributed by atoms with Crippen LogP contribution in [0.3, 0.4) is 0 Å². The van der Waals surface area contributed by atoms with Crippen LogP contribution in [0.2, 0.25) is 0 Å². The summed E-state index contributed by atoms with van der Waals surface area (Å²) < 4.78 is 0. The van der Waals surface area contributed by atoms with Gasteiger partial charge in [-0.2, -0.15) is 0 Å². The summed E-state index contributed by atoms with van der Waals surface area (Å²) in [5, 5.41) is 4.16. The van der Waals surface area contributed by atoms with E-state index in [9.17, 15) is 4.79 Å². The van der Waals surface area contributed by atoms with Crippen LogP contribution in [0.15, 0.2) is 17.6 Å². The van der Waals surface area contributed by atoms with Crippen molar-refractivity contribution < 1.29 is 4.79 Å². The van der Waals surface area contributed by atoms with E-state index < -0.39 is 0 Å². The van der Waals surface area contributed by atoms with Gasteiger partial charge in [-0.15, -0.1) is 11.3 Å². The second-order valence-corrected chi connectivity index (χ2v) is 7.17. The highest BCUT2D eigenvalue weighted by Crippen LogP contribution is 2.37. The lowest BCUT2D eigenvalue weighted by molar-refractivity contribution is -0.121. The predicted molar refractivity (Wildman–Crippen MR) is 87.9 cm³/mol.